The molecule has 1 fully saturated rings. The van der Waals surface area contributed by atoms with Crippen LogP contribution in [0.2, 0.25) is 0 Å². The van der Waals surface area contributed by atoms with Gasteiger partial charge in [0.05, 0.1) is 0 Å². The van der Waals surface area contributed by atoms with E-state index >= 15 is 0 Å². The van der Waals surface area contributed by atoms with Gasteiger partial charge in [-0.3, -0.25) is 4.90 Å². The number of rotatable bonds is 4. The monoisotopic (exact) mass is 232 g/mol. The fourth-order valence-corrected chi connectivity index (χ4v) is 2.77. The average molecular weight is 232 g/mol. The molecule has 0 radical (unpaired) electrons. The van der Waals surface area contributed by atoms with Crippen molar-refractivity contribution in [1.82, 2.24) is 4.90 Å². The van der Waals surface area contributed by atoms with E-state index in [1.54, 1.807) is 0 Å². The van der Waals surface area contributed by atoms with Crippen molar-refractivity contribution in [3.8, 4) is 0 Å². The van der Waals surface area contributed by atoms with Gasteiger partial charge < -0.3 is 5.73 Å². The zero-order chi connectivity index (χ0) is 12.3. The summed E-state index contributed by atoms with van der Waals surface area (Å²) in [4.78, 5) is 2.55. The Bertz CT molecular complexity index is 336. The van der Waals surface area contributed by atoms with Crippen molar-refractivity contribution in [3.63, 3.8) is 0 Å². The van der Waals surface area contributed by atoms with Crippen LogP contribution in [0.5, 0.6) is 0 Å². The Morgan fingerprint density at radius 2 is 2.06 bits per heavy atom. The van der Waals surface area contributed by atoms with E-state index in [4.69, 9.17) is 5.73 Å². The first-order valence-electron chi connectivity index (χ1n) is 6.77. The molecule has 2 heteroatoms. The highest BCUT2D eigenvalue weighted by Gasteiger charge is 2.28. The predicted octanol–water partition coefficient (Wildman–Crippen LogP) is 2.60. The highest BCUT2D eigenvalue weighted by Crippen LogP contribution is 2.28. The van der Waals surface area contributed by atoms with Gasteiger partial charge in [-0.25, -0.2) is 0 Å². The lowest BCUT2D eigenvalue weighted by Gasteiger charge is -2.29. The van der Waals surface area contributed by atoms with Gasteiger partial charge in [0.2, 0.25) is 0 Å². The Morgan fingerprint density at radius 3 is 2.71 bits per heavy atom. The van der Waals surface area contributed by atoms with Crippen LogP contribution in [0, 0.1) is 0 Å². The molecule has 0 spiro atoms. The van der Waals surface area contributed by atoms with E-state index in [1.807, 2.05) is 0 Å². The predicted molar refractivity (Wildman–Crippen MR) is 73.1 cm³/mol. The van der Waals surface area contributed by atoms with Crippen molar-refractivity contribution >= 4 is 0 Å². The van der Waals surface area contributed by atoms with Gasteiger partial charge in [-0.2, -0.15) is 0 Å². The van der Waals surface area contributed by atoms with E-state index in [0.29, 0.717) is 18.0 Å². The summed E-state index contributed by atoms with van der Waals surface area (Å²) in [6.45, 7) is 6.79. The molecular formula is C15H24N2. The van der Waals surface area contributed by atoms with E-state index in [2.05, 4.69) is 49.1 Å². The van der Waals surface area contributed by atoms with Crippen molar-refractivity contribution in [2.24, 2.45) is 5.73 Å². The van der Waals surface area contributed by atoms with Gasteiger partial charge in [-0.05, 0) is 37.8 Å². The van der Waals surface area contributed by atoms with Gasteiger partial charge in [-0.1, -0.05) is 37.3 Å². The molecule has 2 N–H and O–H groups in total. The maximum atomic E-state index is 6.14. The number of benzene rings is 1. The molecular weight excluding hydrogens is 208 g/mol. The molecule has 2 nitrogen and oxygen atoms in total. The minimum Gasteiger partial charge on any atom is -0.326 e. The molecule has 94 valence electrons. The summed E-state index contributed by atoms with van der Waals surface area (Å²) >= 11 is 0. The number of hydrogen-bond donors (Lipinski definition) is 1. The zero-order valence-corrected chi connectivity index (χ0v) is 11.0. The third kappa shape index (κ3) is 2.88. The molecule has 1 aliphatic rings. The molecule has 17 heavy (non-hydrogen) atoms. The SMILES string of the molecule is CCC(N)C(C)N1CCC(c2ccccc2)C1. The van der Waals surface area contributed by atoms with E-state index in [9.17, 15) is 0 Å². The molecule has 1 aliphatic heterocycles. The van der Waals surface area contributed by atoms with Crippen molar-refractivity contribution in [2.45, 2.75) is 44.7 Å². The van der Waals surface area contributed by atoms with E-state index in [-0.39, 0.29) is 0 Å². The summed E-state index contributed by atoms with van der Waals surface area (Å²) in [6.07, 6.45) is 2.33. The standard InChI is InChI=1S/C15H24N2/c1-3-15(16)12(2)17-10-9-14(11-17)13-7-5-4-6-8-13/h4-8,12,14-15H,3,9-11,16H2,1-2H3. The summed E-state index contributed by atoms with van der Waals surface area (Å²) in [7, 11) is 0. The molecule has 2 rings (SSSR count). The molecule has 1 heterocycles. The Morgan fingerprint density at radius 1 is 1.35 bits per heavy atom. The third-order valence-electron chi connectivity index (χ3n) is 4.16. The van der Waals surface area contributed by atoms with Gasteiger partial charge >= 0.3 is 0 Å². The molecule has 1 aromatic carbocycles. The Labute approximate surface area is 105 Å². The second-order valence-corrected chi connectivity index (χ2v) is 5.20. The molecule has 0 bridgehead atoms. The van der Waals surface area contributed by atoms with Gasteiger partial charge in [0.1, 0.15) is 0 Å². The van der Waals surface area contributed by atoms with Crippen LogP contribution in [-0.4, -0.2) is 30.1 Å². The molecule has 0 saturated carbocycles. The van der Waals surface area contributed by atoms with Crippen LogP contribution >= 0.6 is 0 Å². The summed E-state index contributed by atoms with van der Waals surface area (Å²) in [6, 6.07) is 11.7. The van der Waals surface area contributed by atoms with Crippen molar-refractivity contribution < 1.29 is 0 Å². The topological polar surface area (TPSA) is 29.3 Å². The second-order valence-electron chi connectivity index (χ2n) is 5.20. The lowest BCUT2D eigenvalue weighted by Crippen LogP contribution is -2.44. The lowest BCUT2D eigenvalue weighted by atomic mass is 9.98. The van der Waals surface area contributed by atoms with Crippen LogP contribution in [0.25, 0.3) is 0 Å². The maximum absolute atomic E-state index is 6.14. The zero-order valence-electron chi connectivity index (χ0n) is 11.0. The van der Waals surface area contributed by atoms with E-state index in [0.717, 1.165) is 6.42 Å². The minimum absolute atomic E-state index is 0.310. The molecule has 1 saturated heterocycles. The van der Waals surface area contributed by atoms with Crippen LogP contribution in [0.15, 0.2) is 30.3 Å². The fraction of sp³-hybridized carbons (Fsp3) is 0.600. The first-order valence-corrected chi connectivity index (χ1v) is 6.77. The quantitative estimate of drug-likeness (QED) is 0.864. The minimum atomic E-state index is 0.310. The third-order valence-corrected chi connectivity index (χ3v) is 4.16. The first kappa shape index (κ1) is 12.6. The molecule has 3 unspecified atom stereocenters. The normalized spacial score (nSPS) is 24.8. The van der Waals surface area contributed by atoms with Crippen LogP contribution < -0.4 is 5.73 Å². The number of nitrogens with zero attached hydrogens (tertiary/aromatic N) is 1. The highest BCUT2D eigenvalue weighted by atomic mass is 15.2. The molecule has 0 aromatic heterocycles. The molecule has 3 atom stereocenters. The first-order chi connectivity index (χ1) is 8.22. The maximum Gasteiger partial charge on any atom is 0.0219 e. The molecule has 0 amide bonds. The number of hydrogen-bond acceptors (Lipinski definition) is 2. The summed E-state index contributed by atoms with van der Waals surface area (Å²) in [5.41, 5.74) is 7.62. The summed E-state index contributed by atoms with van der Waals surface area (Å²) in [5, 5.41) is 0. The molecule has 1 aromatic rings. The van der Waals surface area contributed by atoms with E-state index in [1.165, 1.54) is 25.1 Å². The lowest BCUT2D eigenvalue weighted by molar-refractivity contribution is 0.221. The van der Waals surface area contributed by atoms with Gasteiger partial charge in [-0.15, -0.1) is 0 Å². The highest BCUT2D eigenvalue weighted by molar-refractivity contribution is 5.21. The summed E-state index contributed by atoms with van der Waals surface area (Å²) < 4.78 is 0. The van der Waals surface area contributed by atoms with Crippen molar-refractivity contribution in [3.05, 3.63) is 35.9 Å². The summed E-state index contributed by atoms with van der Waals surface area (Å²) in [5.74, 6) is 0.697. The Kier molecular flexibility index (Phi) is 4.19. The van der Waals surface area contributed by atoms with Gasteiger partial charge in [0.25, 0.3) is 0 Å². The largest absolute Gasteiger partial charge is 0.326 e. The van der Waals surface area contributed by atoms with Gasteiger partial charge in [0, 0.05) is 18.6 Å². The smallest absolute Gasteiger partial charge is 0.0219 e. The van der Waals surface area contributed by atoms with Crippen LogP contribution in [0.3, 0.4) is 0 Å². The molecule has 0 aliphatic carbocycles. The average Bonchev–Trinajstić information content (AvgIpc) is 2.87. The number of likely N-dealkylation sites (tertiary alicyclic amines) is 1. The van der Waals surface area contributed by atoms with Gasteiger partial charge in [0.15, 0.2) is 0 Å². The number of nitrogens with two attached hydrogens (primary N) is 1. The van der Waals surface area contributed by atoms with Crippen molar-refractivity contribution in [1.29, 1.82) is 0 Å². The van der Waals surface area contributed by atoms with E-state index < -0.39 is 0 Å². The van der Waals surface area contributed by atoms with Crippen LogP contribution in [0.1, 0.15) is 38.2 Å². The fourth-order valence-electron chi connectivity index (χ4n) is 2.77. The Balaban J connectivity index is 1.96. The van der Waals surface area contributed by atoms with Crippen LogP contribution in [-0.2, 0) is 0 Å². The van der Waals surface area contributed by atoms with Crippen molar-refractivity contribution in [2.75, 3.05) is 13.1 Å². The van der Waals surface area contributed by atoms with Crippen LogP contribution in [0.4, 0.5) is 0 Å². The Hall–Kier alpha value is -0.860. The second kappa shape index (κ2) is 5.65.